The molecule has 0 spiro atoms. The molecule has 1 aliphatic heterocycles. The Morgan fingerprint density at radius 1 is 1.60 bits per heavy atom. The van der Waals surface area contributed by atoms with Gasteiger partial charge in [-0.15, -0.1) is 0 Å². The summed E-state index contributed by atoms with van der Waals surface area (Å²) in [5.41, 5.74) is 5.90. The zero-order valence-electron chi connectivity index (χ0n) is 6.77. The highest BCUT2D eigenvalue weighted by molar-refractivity contribution is 4.79. The van der Waals surface area contributed by atoms with E-state index < -0.39 is 0 Å². The fourth-order valence-electron chi connectivity index (χ4n) is 1.67. The first kappa shape index (κ1) is 8.02. The Morgan fingerprint density at radius 3 is 3.00 bits per heavy atom. The van der Waals surface area contributed by atoms with Gasteiger partial charge in [0.15, 0.2) is 0 Å². The van der Waals surface area contributed by atoms with Gasteiger partial charge in [-0.1, -0.05) is 13.3 Å². The molecule has 0 aromatic heterocycles. The van der Waals surface area contributed by atoms with Crippen molar-refractivity contribution in [2.45, 2.75) is 32.2 Å². The van der Waals surface area contributed by atoms with Gasteiger partial charge in [0.25, 0.3) is 0 Å². The zero-order chi connectivity index (χ0) is 7.40. The number of nitrogens with two attached hydrogens (primary N) is 1. The normalized spacial score (nSPS) is 34.2. The molecule has 1 saturated heterocycles. The third kappa shape index (κ3) is 1.96. The average molecular weight is 142 g/mol. The first-order valence-corrected chi connectivity index (χ1v) is 4.31. The van der Waals surface area contributed by atoms with Crippen LogP contribution in [-0.2, 0) is 0 Å². The van der Waals surface area contributed by atoms with Crippen LogP contribution in [0.25, 0.3) is 0 Å². The van der Waals surface area contributed by atoms with Crippen LogP contribution in [0.3, 0.4) is 0 Å². The summed E-state index contributed by atoms with van der Waals surface area (Å²) in [7, 11) is 0. The molecule has 1 fully saturated rings. The van der Waals surface area contributed by atoms with E-state index in [-0.39, 0.29) is 0 Å². The van der Waals surface area contributed by atoms with Crippen LogP contribution in [0.5, 0.6) is 0 Å². The van der Waals surface area contributed by atoms with Crippen LogP contribution >= 0.6 is 0 Å². The second kappa shape index (κ2) is 3.94. The minimum Gasteiger partial charge on any atom is -0.326 e. The van der Waals surface area contributed by atoms with Gasteiger partial charge >= 0.3 is 0 Å². The summed E-state index contributed by atoms with van der Waals surface area (Å²) >= 11 is 0. The van der Waals surface area contributed by atoms with Gasteiger partial charge < -0.3 is 11.1 Å². The highest BCUT2D eigenvalue weighted by Crippen LogP contribution is 2.16. The molecule has 3 N–H and O–H groups in total. The van der Waals surface area contributed by atoms with Crippen LogP contribution in [0, 0.1) is 5.92 Å². The molecule has 60 valence electrons. The predicted octanol–water partition coefficient (Wildman–Crippen LogP) is 0.723. The van der Waals surface area contributed by atoms with Crippen molar-refractivity contribution in [1.82, 2.24) is 5.32 Å². The topological polar surface area (TPSA) is 38.0 Å². The quantitative estimate of drug-likeness (QED) is 0.596. The first-order chi connectivity index (χ1) is 4.84. The Bertz CT molecular complexity index is 91.3. The Hall–Kier alpha value is -0.0800. The van der Waals surface area contributed by atoms with Crippen LogP contribution in [0.2, 0.25) is 0 Å². The third-order valence-electron chi connectivity index (χ3n) is 2.34. The molecule has 2 atom stereocenters. The van der Waals surface area contributed by atoms with Crippen LogP contribution < -0.4 is 11.1 Å². The largest absolute Gasteiger partial charge is 0.326 e. The molecule has 0 radical (unpaired) electrons. The Kier molecular flexibility index (Phi) is 3.16. The molecule has 0 aliphatic carbocycles. The zero-order valence-corrected chi connectivity index (χ0v) is 6.77. The summed E-state index contributed by atoms with van der Waals surface area (Å²) in [5.74, 6) is 0.784. The summed E-state index contributed by atoms with van der Waals surface area (Å²) in [5, 5.41) is 3.30. The van der Waals surface area contributed by atoms with Crippen molar-refractivity contribution in [2.75, 3.05) is 13.1 Å². The van der Waals surface area contributed by atoms with Crippen molar-refractivity contribution < 1.29 is 0 Å². The Labute approximate surface area is 63.2 Å². The third-order valence-corrected chi connectivity index (χ3v) is 2.34. The van der Waals surface area contributed by atoms with Gasteiger partial charge in [0, 0.05) is 12.6 Å². The van der Waals surface area contributed by atoms with E-state index in [9.17, 15) is 0 Å². The van der Waals surface area contributed by atoms with Gasteiger partial charge in [-0.05, 0) is 25.3 Å². The maximum absolute atomic E-state index is 5.90. The summed E-state index contributed by atoms with van der Waals surface area (Å²) in [6.45, 7) is 4.41. The molecular formula is C8H18N2. The molecule has 1 heterocycles. The molecule has 2 nitrogen and oxygen atoms in total. The molecule has 0 unspecified atom stereocenters. The van der Waals surface area contributed by atoms with Crippen molar-refractivity contribution in [2.24, 2.45) is 11.7 Å². The van der Waals surface area contributed by atoms with Crippen molar-refractivity contribution in [3.8, 4) is 0 Å². The van der Waals surface area contributed by atoms with Crippen molar-refractivity contribution in [3.05, 3.63) is 0 Å². The molecule has 0 bridgehead atoms. The monoisotopic (exact) mass is 142 g/mol. The number of piperidine rings is 1. The van der Waals surface area contributed by atoms with Gasteiger partial charge in [0.2, 0.25) is 0 Å². The highest BCUT2D eigenvalue weighted by Gasteiger charge is 2.19. The molecule has 0 amide bonds. The van der Waals surface area contributed by atoms with Crippen molar-refractivity contribution >= 4 is 0 Å². The molecule has 0 aromatic rings. The van der Waals surface area contributed by atoms with Crippen LogP contribution in [0.4, 0.5) is 0 Å². The fourth-order valence-corrected chi connectivity index (χ4v) is 1.67. The molecular weight excluding hydrogens is 124 g/mol. The lowest BCUT2D eigenvalue weighted by Crippen LogP contribution is -2.45. The smallest absolute Gasteiger partial charge is 0.0194 e. The van der Waals surface area contributed by atoms with Crippen LogP contribution in [0.1, 0.15) is 26.2 Å². The minimum absolute atomic E-state index is 0.411. The lowest BCUT2D eigenvalue weighted by Gasteiger charge is -2.28. The number of hydrogen-bond acceptors (Lipinski definition) is 2. The van der Waals surface area contributed by atoms with Crippen LogP contribution in [0.15, 0.2) is 0 Å². The molecule has 1 aliphatic rings. The maximum Gasteiger partial charge on any atom is 0.0194 e. The summed E-state index contributed by atoms with van der Waals surface area (Å²) < 4.78 is 0. The second-order valence-electron chi connectivity index (χ2n) is 3.21. The lowest BCUT2D eigenvalue weighted by molar-refractivity contribution is 0.305. The SMILES string of the molecule is CCC[C@@H]1CCNC[C@H]1N. The molecule has 10 heavy (non-hydrogen) atoms. The first-order valence-electron chi connectivity index (χ1n) is 4.31. The van der Waals surface area contributed by atoms with E-state index >= 15 is 0 Å². The lowest BCUT2D eigenvalue weighted by atomic mass is 9.89. The van der Waals surface area contributed by atoms with E-state index in [0.29, 0.717) is 6.04 Å². The summed E-state index contributed by atoms with van der Waals surface area (Å²) in [6, 6.07) is 0.411. The van der Waals surface area contributed by atoms with Gasteiger partial charge in [0.05, 0.1) is 0 Å². The van der Waals surface area contributed by atoms with E-state index in [1.54, 1.807) is 0 Å². The standard InChI is InChI=1S/C8H18N2/c1-2-3-7-4-5-10-6-8(7)9/h7-8,10H,2-6,9H2,1H3/t7-,8-/m1/s1. The van der Waals surface area contributed by atoms with Gasteiger partial charge in [-0.25, -0.2) is 0 Å². The molecule has 1 rings (SSSR count). The van der Waals surface area contributed by atoms with Crippen molar-refractivity contribution in [3.63, 3.8) is 0 Å². The predicted molar refractivity (Wildman–Crippen MR) is 43.9 cm³/mol. The number of hydrogen-bond donors (Lipinski definition) is 2. The molecule has 2 heteroatoms. The number of nitrogens with one attached hydrogen (secondary N) is 1. The van der Waals surface area contributed by atoms with E-state index in [1.165, 1.54) is 25.8 Å². The van der Waals surface area contributed by atoms with E-state index in [2.05, 4.69) is 12.2 Å². The Morgan fingerprint density at radius 2 is 2.40 bits per heavy atom. The Balaban J connectivity index is 2.25. The molecule has 0 aromatic carbocycles. The number of rotatable bonds is 2. The van der Waals surface area contributed by atoms with Gasteiger partial charge in [-0.2, -0.15) is 0 Å². The van der Waals surface area contributed by atoms with Gasteiger partial charge in [-0.3, -0.25) is 0 Å². The fraction of sp³-hybridized carbons (Fsp3) is 1.00. The summed E-state index contributed by atoms with van der Waals surface area (Å²) in [4.78, 5) is 0. The van der Waals surface area contributed by atoms with E-state index in [4.69, 9.17) is 5.73 Å². The van der Waals surface area contributed by atoms with Crippen LogP contribution in [-0.4, -0.2) is 19.1 Å². The highest BCUT2D eigenvalue weighted by atomic mass is 14.9. The average Bonchev–Trinajstić information content (AvgIpc) is 1.94. The van der Waals surface area contributed by atoms with E-state index in [0.717, 1.165) is 12.5 Å². The summed E-state index contributed by atoms with van der Waals surface area (Å²) in [6.07, 6.45) is 3.86. The van der Waals surface area contributed by atoms with Crippen molar-refractivity contribution in [1.29, 1.82) is 0 Å². The minimum atomic E-state index is 0.411. The van der Waals surface area contributed by atoms with E-state index in [1.807, 2.05) is 0 Å². The maximum atomic E-state index is 5.90. The van der Waals surface area contributed by atoms with Gasteiger partial charge in [0.1, 0.15) is 0 Å². The second-order valence-corrected chi connectivity index (χ2v) is 3.21. The molecule has 0 saturated carbocycles.